The lowest BCUT2D eigenvalue weighted by atomic mass is 10.1. The molecular formula is C8H11NO6S. The van der Waals surface area contributed by atoms with Crippen molar-refractivity contribution in [2.24, 2.45) is 0 Å². The van der Waals surface area contributed by atoms with Crippen molar-refractivity contribution in [2.75, 3.05) is 0 Å². The Labute approximate surface area is 92.3 Å². The highest BCUT2D eigenvalue weighted by molar-refractivity contribution is 7.80. The molecule has 3 N–H and O–H groups in total. The summed E-state index contributed by atoms with van der Waals surface area (Å²) in [4.78, 5) is 3.77. The van der Waals surface area contributed by atoms with E-state index in [2.05, 4.69) is 9.17 Å². The minimum atomic E-state index is -4.56. The average molecular weight is 249 g/mol. The van der Waals surface area contributed by atoms with Crippen molar-refractivity contribution in [2.45, 2.75) is 20.1 Å². The largest absolute Gasteiger partial charge is 0.506 e. The smallest absolute Gasteiger partial charge is 0.397 e. The van der Waals surface area contributed by atoms with Crippen molar-refractivity contribution >= 4 is 10.4 Å². The number of hydrogen-bond donors (Lipinski definition) is 3. The molecule has 0 aliphatic carbocycles. The van der Waals surface area contributed by atoms with Crippen molar-refractivity contribution in [3.05, 3.63) is 23.0 Å². The monoisotopic (exact) mass is 249 g/mol. The van der Waals surface area contributed by atoms with Gasteiger partial charge in [-0.2, -0.15) is 8.42 Å². The van der Waals surface area contributed by atoms with E-state index in [9.17, 15) is 13.5 Å². The van der Waals surface area contributed by atoms with E-state index in [-0.39, 0.29) is 16.9 Å². The van der Waals surface area contributed by atoms with Crippen LogP contribution < -0.4 is 0 Å². The van der Waals surface area contributed by atoms with Gasteiger partial charge in [0, 0.05) is 17.3 Å². The van der Waals surface area contributed by atoms with Gasteiger partial charge in [0.25, 0.3) is 0 Å². The molecule has 90 valence electrons. The molecule has 0 aromatic carbocycles. The van der Waals surface area contributed by atoms with Gasteiger partial charge in [0.05, 0.1) is 18.9 Å². The zero-order valence-electron chi connectivity index (χ0n) is 8.41. The zero-order valence-corrected chi connectivity index (χ0v) is 9.23. The molecule has 0 saturated heterocycles. The van der Waals surface area contributed by atoms with Crippen LogP contribution in [0.4, 0.5) is 0 Å². The second-order valence-electron chi connectivity index (χ2n) is 3.04. The van der Waals surface area contributed by atoms with E-state index < -0.39 is 23.6 Å². The van der Waals surface area contributed by atoms with E-state index in [0.717, 1.165) is 0 Å². The van der Waals surface area contributed by atoms with Crippen molar-refractivity contribution in [1.82, 2.24) is 4.98 Å². The quantitative estimate of drug-likeness (QED) is 0.638. The van der Waals surface area contributed by atoms with Crippen LogP contribution in [0.15, 0.2) is 6.20 Å². The summed E-state index contributed by atoms with van der Waals surface area (Å²) in [6.45, 7) is 0.539. The molecule has 0 saturated carbocycles. The van der Waals surface area contributed by atoms with Crippen molar-refractivity contribution in [3.8, 4) is 5.75 Å². The number of aryl methyl sites for hydroxylation is 1. The lowest BCUT2D eigenvalue weighted by Gasteiger charge is -2.09. The summed E-state index contributed by atoms with van der Waals surface area (Å²) in [5.41, 5.74) is 0.610. The van der Waals surface area contributed by atoms with Gasteiger partial charge in [0.2, 0.25) is 0 Å². The van der Waals surface area contributed by atoms with Gasteiger partial charge in [-0.1, -0.05) is 0 Å². The molecule has 0 bridgehead atoms. The van der Waals surface area contributed by atoms with Crippen molar-refractivity contribution in [1.29, 1.82) is 0 Å². The molecule has 1 aromatic heterocycles. The van der Waals surface area contributed by atoms with Crippen LogP contribution in [-0.4, -0.2) is 28.2 Å². The first kappa shape index (κ1) is 12.8. The molecule has 0 aliphatic heterocycles. The van der Waals surface area contributed by atoms with Crippen LogP contribution in [0, 0.1) is 6.92 Å². The van der Waals surface area contributed by atoms with Crippen LogP contribution in [0.3, 0.4) is 0 Å². The highest BCUT2D eigenvalue weighted by atomic mass is 32.3. The average Bonchev–Trinajstić information content (AvgIpc) is 2.18. The summed E-state index contributed by atoms with van der Waals surface area (Å²) >= 11 is 0. The first-order valence-electron chi connectivity index (χ1n) is 4.24. The maximum Gasteiger partial charge on any atom is 0.397 e. The van der Waals surface area contributed by atoms with Crippen LogP contribution in [0.1, 0.15) is 16.8 Å². The molecule has 0 aliphatic rings. The molecule has 8 heteroatoms. The number of aliphatic hydroxyl groups is 1. The topological polar surface area (TPSA) is 117 Å². The number of aromatic nitrogens is 1. The third kappa shape index (κ3) is 3.14. The zero-order chi connectivity index (χ0) is 12.3. The summed E-state index contributed by atoms with van der Waals surface area (Å²) in [6, 6.07) is 0. The summed E-state index contributed by atoms with van der Waals surface area (Å²) in [6.07, 6.45) is 1.26. The molecule has 1 heterocycles. The maximum atomic E-state index is 10.3. The number of nitrogens with zero attached hydrogens (tertiary/aromatic N) is 1. The Hall–Kier alpha value is -1.22. The van der Waals surface area contributed by atoms with E-state index in [4.69, 9.17) is 9.66 Å². The van der Waals surface area contributed by atoms with Crippen LogP contribution in [0.25, 0.3) is 0 Å². The summed E-state index contributed by atoms with van der Waals surface area (Å²) in [5.74, 6) is -0.223. The second kappa shape index (κ2) is 4.74. The minimum Gasteiger partial charge on any atom is -0.506 e. The van der Waals surface area contributed by atoms with Gasteiger partial charge in [-0.3, -0.25) is 9.54 Å². The molecule has 0 fully saturated rings. The van der Waals surface area contributed by atoms with Crippen LogP contribution in [0.2, 0.25) is 0 Å². The van der Waals surface area contributed by atoms with Gasteiger partial charge in [-0.15, -0.1) is 0 Å². The molecule has 0 unspecified atom stereocenters. The highest BCUT2D eigenvalue weighted by Crippen LogP contribution is 2.24. The number of hydrogen-bond acceptors (Lipinski definition) is 6. The molecule has 7 nitrogen and oxygen atoms in total. The fourth-order valence-corrected chi connectivity index (χ4v) is 1.40. The molecule has 1 rings (SSSR count). The summed E-state index contributed by atoms with van der Waals surface area (Å²) in [5, 5.41) is 18.5. The van der Waals surface area contributed by atoms with Gasteiger partial charge in [-0.25, -0.2) is 4.18 Å². The second-order valence-corrected chi connectivity index (χ2v) is 4.14. The van der Waals surface area contributed by atoms with Gasteiger partial charge >= 0.3 is 10.4 Å². The predicted molar refractivity (Wildman–Crippen MR) is 52.9 cm³/mol. The first-order chi connectivity index (χ1) is 7.35. The molecule has 0 spiro atoms. The normalized spacial score (nSPS) is 11.7. The Kier molecular flexibility index (Phi) is 3.81. The highest BCUT2D eigenvalue weighted by Gasteiger charge is 2.13. The lowest BCUT2D eigenvalue weighted by molar-refractivity contribution is 0.245. The Morgan fingerprint density at radius 2 is 2.12 bits per heavy atom. The van der Waals surface area contributed by atoms with Gasteiger partial charge < -0.3 is 10.2 Å². The fourth-order valence-electron chi connectivity index (χ4n) is 1.12. The Morgan fingerprint density at radius 3 is 2.62 bits per heavy atom. The summed E-state index contributed by atoms with van der Waals surface area (Å²) in [7, 11) is -4.56. The van der Waals surface area contributed by atoms with Crippen LogP contribution in [0.5, 0.6) is 5.75 Å². The van der Waals surface area contributed by atoms with Gasteiger partial charge in [0.1, 0.15) is 5.75 Å². The van der Waals surface area contributed by atoms with E-state index in [1.54, 1.807) is 0 Å². The SMILES string of the molecule is Cc1ncc(COS(=O)(=O)O)c(CO)c1O. The van der Waals surface area contributed by atoms with E-state index in [1.165, 1.54) is 13.1 Å². The van der Waals surface area contributed by atoms with Gasteiger partial charge in [-0.05, 0) is 6.92 Å². The van der Waals surface area contributed by atoms with Gasteiger partial charge in [0.15, 0.2) is 0 Å². The molecular weight excluding hydrogens is 238 g/mol. The third-order valence-corrected chi connectivity index (χ3v) is 2.37. The molecule has 0 radical (unpaired) electrons. The number of rotatable bonds is 4. The number of pyridine rings is 1. The minimum absolute atomic E-state index is 0.121. The molecule has 16 heavy (non-hydrogen) atoms. The Balaban J connectivity index is 3.01. The summed E-state index contributed by atoms with van der Waals surface area (Å²) < 4.78 is 33.2. The Morgan fingerprint density at radius 1 is 1.50 bits per heavy atom. The lowest BCUT2D eigenvalue weighted by Crippen LogP contribution is -2.06. The van der Waals surface area contributed by atoms with Crippen LogP contribution in [-0.2, 0) is 27.8 Å². The van der Waals surface area contributed by atoms with E-state index in [1.807, 2.05) is 0 Å². The maximum absolute atomic E-state index is 10.3. The fraction of sp³-hybridized carbons (Fsp3) is 0.375. The van der Waals surface area contributed by atoms with E-state index in [0.29, 0.717) is 5.69 Å². The van der Waals surface area contributed by atoms with Crippen molar-refractivity contribution in [3.63, 3.8) is 0 Å². The predicted octanol–water partition coefficient (Wildman–Crippen LogP) is -0.0927. The van der Waals surface area contributed by atoms with Crippen LogP contribution >= 0.6 is 0 Å². The molecule has 0 atom stereocenters. The number of aliphatic hydroxyl groups excluding tert-OH is 1. The number of aromatic hydroxyl groups is 1. The Bertz CT molecular complexity index is 484. The standard InChI is InChI=1S/C8H11NO6S/c1-5-8(11)7(3-10)6(2-9-5)4-15-16(12,13)14/h2,10-11H,3-4H2,1H3,(H,12,13,14). The third-order valence-electron chi connectivity index (χ3n) is 1.95. The van der Waals surface area contributed by atoms with Crippen molar-refractivity contribution < 1.29 is 27.4 Å². The molecule has 0 amide bonds. The first-order valence-corrected chi connectivity index (χ1v) is 5.60. The van der Waals surface area contributed by atoms with E-state index >= 15 is 0 Å². The molecule has 1 aromatic rings.